The average molecular weight is 289 g/mol. The molecule has 0 saturated carbocycles. The van der Waals surface area contributed by atoms with Crippen molar-refractivity contribution in [1.82, 2.24) is 4.90 Å². The van der Waals surface area contributed by atoms with Crippen LogP contribution in [0.4, 0.5) is 0 Å². The van der Waals surface area contributed by atoms with Gasteiger partial charge in [0.2, 0.25) is 0 Å². The van der Waals surface area contributed by atoms with E-state index in [-0.39, 0.29) is 11.8 Å². The van der Waals surface area contributed by atoms with Gasteiger partial charge in [0.15, 0.2) is 0 Å². The highest BCUT2D eigenvalue weighted by Crippen LogP contribution is 2.25. The summed E-state index contributed by atoms with van der Waals surface area (Å²) in [7, 11) is 0. The zero-order valence-electron chi connectivity index (χ0n) is 12.5. The summed E-state index contributed by atoms with van der Waals surface area (Å²) in [5, 5.41) is 10.1. The van der Waals surface area contributed by atoms with Crippen molar-refractivity contribution in [3.8, 4) is 0 Å². The van der Waals surface area contributed by atoms with Crippen molar-refractivity contribution in [3.05, 3.63) is 35.4 Å². The molecule has 114 valence electrons. The van der Waals surface area contributed by atoms with Crippen molar-refractivity contribution >= 4 is 11.8 Å². The molecular formula is C17H23NO3. The normalized spacial score (nSPS) is 15.4. The van der Waals surface area contributed by atoms with E-state index in [0.717, 1.165) is 24.2 Å². The van der Waals surface area contributed by atoms with Gasteiger partial charge in [0.25, 0.3) is 11.8 Å². The fourth-order valence-electron chi connectivity index (χ4n) is 2.71. The summed E-state index contributed by atoms with van der Waals surface area (Å²) in [5.74, 6) is -0.761. The summed E-state index contributed by atoms with van der Waals surface area (Å²) in [6.07, 6.45) is 6.10. The Balaban J connectivity index is 1.85. The number of carbonyl (C=O) groups excluding carboxylic acids is 2. The molecule has 0 bridgehead atoms. The van der Waals surface area contributed by atoms with Crippen LogP contribution in [0.15, 0.2) is 24.3 Å². The molecule has 1 aliphatic heterocycles. The summed E-state index contributed by atoms with van der Waals surface area (Å²) in [6.45, 7) is 2.17. The molecule has 2 rings (SSSR count). The smallest absolute Gasteiger partial charge is 0.263 e. The van der Waals surface area contributed by atoms with Gasteiger partial charge in [0, 0.05) is 0 Å². The SMILES string of the molecule is CCCCCCCCC(O)N1C(=O)c2ccccc2C1=O. The number of fused-ring (bicyclic) bond motifs is 1. The van der Waals surface area contributed by atoms with E-state index in [9.17, 15) is 14.7 Å². The Morgan fingerprint density at radius 2 is 1.48 bits per heavy atom. The van der Waals surface area contributed by atoms with E-state index >= 15 is 0 Å². The van der Waals surface area contributed by atoms with E-state index in [1.165, 1.54) is 19.3 Å². The van der Waals surface area contributed by atoms with Crippen LogP contribution in [0, 0.1) is 0 Å². The molecule has 1 atom stereocenters. The van der Waals surface area contributed by atoms with Crippen LogP contribution in [0.2, 0.25) is 0 Å². The quantitative estimate of drug-likeness (QED) is 0.590. The van der Waals surface area contributed by atoms with Crippen molar-refractivity contribution in [2.75, 3.05) is 0 Å². The van der Waals surface area contributed by atoms with Gasteiger partial charge < -0.3 is 5.11 Å². The second-order valence-corrected chi connectivity index (χ2v) is 5.56. The average Bonchev–Trinajstić information content (AvgIpc) is 2.75. The largest absolute Gasteiger partial charge is 0.373 e. The van der Waals surface area contributed by atoms with Crippen LogP contribution in [0.1, 0.15) is 72.6 Å². The van der Waals surface area contributed by atoms with Crippen LogP contribution in [-0.4, -0.2) is 28.0 Å². The number of nitrogens with zero attached hydrogens (tertiary/aromatic N) is 1. The maximum atomic E-state index is 12.2. The summed E-state index contributed by atoms with van der Waals surface area (Å²) in [5.41, 5.74) is 0.786. The van der Waals surface area contributed by atoms with E-state index in [0.29, 0.717) is 17.5 Å². The third kappa shape index (κ3) is 3.50. The van der Waals surface area contributed by atoms with Crippen LogP contribution >= 0.6 is 0 Å². The second-order valence-electron chi connectivity index (χ2n) is 5.56. The van der Waals surface area contributed by atoms with E-state index < -0.39 is 6.23 Å². The molecule has 0 spiro atoms. The summed E-state index contributed by atoms with van der Waals surface area (Å²) in [4.78, 5) is 25.3. The number of carbonyl (C=O) groups is 2. The molecule has 1 heterocycles. The highest BCUT2D eigenvalue weighted by molar-refractivity contribution is 6.21. The Kier molecular flexibility index (Phi) is 5.51. The standard InChI is InChI=1S/C17H23NO3/c1-2-3-4-5-6-7-12-15(19)18-16(20)13-10-8-9-11-14(13)17(18)21/h8-11,15,19H,2-7,12H2,1H3. The molecule has 0 radical (unpaired) electrons. The van der Waals surface area contributed by atoms with Gasteiger partial charge in [-0.3, -0.25) is 9.59 Å². The number of benzene rings is 1. The Morgan fingerprint density at radius 3 is 2.05 bits per heavy atom. The van der Waals surface area contributed by atoms with E-state index in [1.54, 1.807) is 24.3 Å². The lowest BCUT2D eigenvalue weighted by atomic mass is 10.1. The Bertz CT molecular complexity index is 478. The first-order valence-corrected chi connectivity index (χ1v) is 7.81. The van der Waals surface area contributed by atoms with Gasteiger partial charge in [-0.25, -0.2) is 4.90 Å². The molecule has 1 aromatic carbocycles. The van der Waals surface area contributed by atoms with Crippen molar-refractivity contribution < 1.29 is 14.7 Å². The maximum absolute atomic E-state index is 12.2. The Hall–Kier alpha value is -1.68. The van der Waals surface area contributed by atoms with Gasteiger partial charge in [0.1, 0.15) is 6.23 Å². The van der Waals surface area contributed by atoms with E-state index in [4.69, 9.17) is 0 Å². The minimum absolute atomic E-state index is 0.380. The van der Waals surface area contributed by atoms with Crippen molar-refractivity contribution in [3.63, 3.8) is 0 Å². The number of hydrogen-bond acceptors (Lipinski definition) is 3. The highest BCUT2D eigenvalue weighted by Gasteiger charge is 2.38. The van der Waals surface area contributed by atoms with Crippen LogP contribution in [0.5, 0.6) is 0 Å². The zero-order chi connectivity index (χ0) is 15.2. The molecule has 0 saturated heterocycles. The van der Waals surface area contributed by atoms with Gasteiger partial charge in [-0.15, -0.1) is 0 Å². The number of unbranched alkanes of at least 4 members (excludes halogenated alkanes) is 5. The zero-order valence-corrected chi connectivity index (χ0v) is 12.5. The van der Waals surface area contributed by atoms with Crippen molar-refractivity contribution in [2.45, 2.75) is 58.1 Å². The molecule has 1 unspecified atom stereocenters. The van der Waals surface area contributed by atoms with Gasteiger partial charge in [-0.05, 0) is 25.0 Å². The molecule has 1 N–H and O–H groups in total. The molecule has 4 nitrogen and oxygen atoms in total. The number of aliphatic hydroxyl groups excluding tert-OH is 1. The van der Waals surface area contributed by atoms with E-state index in [1.807, 2.05) is 0 Å². The summed E-state index contributed by atoms with van der Waals surface area (Å²) >= 11 is 0. The van der Waals surface area contributed by atoms with Crippen LogP contribution in [-0.2, 0) is 0 Å². The Labute approximate surface area is 125 Å². The molecule has 4 heteroatoms. The lowest BCUT2D eigenvalue weighted by Gasteiger charge is -2.21. The van der Waals surface area contributed by atoms with Gasteiger partial charge in [-0.1, -0.05) is 51.2 Å². The minimum atomic E-state index is -1.01. The molecular weight excluding hydrogens is 266 g/mol. The van der Waals surface area contributed by atoms with Crippen LogP contribution in [0.25, 0.3) is 0 Å². The molecule has 0 aromatic heterocycles. The summed E-state index contributed by atoms with van der Waals surface area (Å²) < 4.78 is 0. The van der Waals surface area contributed by atoms with Crippen molar-refractivity contribution in [1.29, 1.82) is 0 Å². The molecule has 1 aromatic rings. The lowest BCUT2D eigenvalue weighted by Crippen LogP contribution is -2.39. The fraction of sp³-hybridized carbons (Fsp3) is 0.529. The Morgan fingerprint density at radius 1 is 0.952 bits per heavy atom. The molecule has 0 aliphatic carbocycles. The summed E-state index contributed by atoms with van der Waals surface area (Å²) in [6, 6.07) is 6.72. The van der Waals surface area contributed by atoms with Crippen LogP contribution in [0.3, 0.4) is 0 Å². The third-order valence-electron chi connectivity index (χ3n) is 3.94. The van der Waals surface area contributed by atoms with Crippen molar-refractivity contribution in [2.24, 2.45) is 0 Å². The first-order chi connectivity index (χ1) is 10.2. The van der Waals surface area contributed by atoms with Gasteiger partial charge in [-0.2, -0.15) is 0 Å². The fourth-order valence-corrected chi connectivity index (χ4v) is 2.71. The maximum Gasteiger partial charge on any atom is 0.263 e. The monoisotopic (exact) mass is 289 g/mol. The van der Waals surface area contributed by atoms with Gasteiger partial charge in [0.05, 0.1) is 11.1 Å². The van der Waals surface area contributed by atoms with Crippen LogP contribution < -0.4 is 0 Å². The predicted octanol–water partition coefficient (Wildman–Crippen LogP) is 3.35. The molecule has 0 fully saturated rings. The van der Waals surface area contributed by atoms with E-state index in [2.05, 4.69) is 6.92 Å². The number of rotatable bonds is 8. The predicted molar refractivity (Wildman–Crippen MR) is 80.9 cm³/mol. The first-order valence-electron chi connectivity index (χ1n) is 7.81. The number of aliphatic hydroxyl groups is 1. The molecule has 2 amide bonds. The molecule has 21 heavy (non-hydrogen) atoms. The third-order valence-corrected chi connectivity index (χ3v) is 3.94. The lowest BCUT2D eigenvalue weighted by molar-refractivity contribution is 0.00963. The minimum Gasteiger partial charge on any atom is -0.373 e. The number of amides is 2. The molecule has 1 aliphatic rings. The first kappa shape index (κ1) is 15.7. The number of hydrogen-bond donors (Lipinski definition) is 1. The topological polar surface area (TPSA) is 57.6 Å². The van der Waals surface area contributed by atoms with Gasteiger partial charge >= 0.3 is 0 Å². The number of imide groups is 1. The second kappa shape index (κ2) is 7.36. The highest BCUT2D eigenvalue weighted by atomic mass is 16.3.